The molecular weight excluding hydrogens is 282 g/mol. The van der Waals surface area contributed by atoms with Gasteiger partial charge in [-0.05, 0) is 29.3 Å². The lowest BCUT2D eigenvalue weighted by atomic mass is 10.0. The molecule has 5 heteroatoms. The predicted molar refractivity (Wildman–Crippen MR) is 83.2 cm³/mol. The van der Waals surface area contributed by atoms with Gasteiger partial charge in [0, 0.05) is 24.1 Å². The van der Waals surface area contributed by atoms with E-state index in [4.69, 9.17) is 4.74 Å². The van der Waals surface area contributed by atoms with Crippen LogP contribution in [-0.2, 0) is 16.0 Å². The number of ether oxygens (including phenoxy) is 1. The molecule has 2 aromatic rings. The predicted octanol–water partition coefficient (Wildman–Crippen LogP) is 3.39. The average Bonchev–Trinajstić information content (AvgIpc) is 2.55. The van der Waals surface area contributed by atoms with Gasteiger partial charge < -0.3 is 4.74 Å². The average molecular weight is 297 g/mol. The van der Waals surface area contributed by atoms with E-state index in [1.165, 1.54) is 19.2 Å². The minimum Gasteiger partial charge on any atom is -0.466 e. The molecule has 0 bridgehead atoms. The van der Waals surface area contributed by atoms with Crippen LogP contribution in [0, 0.1) is 10.1 Å². The van der Waals surface area contributed by atoms with Crippen LogP contribution in [0.15, 0.2) is 60.2 Å². The molecule has 0 aliphatic heterocycles. The van der Waals surface area contributed by atoms with Crippen LogP contribution >= 0.6 is 0 Å². The third kappa shape index (κ3) is 4.02. The van der Waals surface area contributed by atoms with E-state index in [1.54, 1.807) is 18.2 Å². The van der Waals surface area contributed by atoms with Gasteiger partial charge in [0.25, 0.3) is 5.69 Å². The summed E-state index contributed by atoms with van der Waals surface area (Å²) in [6, 6.07) is 15.6. The zero-order chi connectivity index (χ0) is 15.9. The van der Waals surface area contributed by atoms with Crippen molar-refractivity contribution in [3.63, 3.8) is 0 Å². The number of methoxy groups -OCH3 is 1. The van der Waals surface area contributed by atoms with Crippen molar-refractivity contribution in [1.29, 1.82) is 0 Å². The second-order valence-electron chi connectivity index (χ2n) is 4.67. The molecular formula is C17H15NO4. The Morgan fingerprint density at radius 2 is 1.77 bits per heavy atom. The van der Waals surface area contributed by atoms with E-state index in [1.807, 2.05) is 30.3 Å². The van der Waals surface area contributed by atoms with Crippen molar-refractivity contribution in [3.05, 3.63) is 81.4 Å². The number of nitro groups is 1. The lowest BCUT2D eigenvalue weighted by molar-refractivity contribution is -0.384. The normalized spacial score (nSPS) is 11.0. The van der Waals surface area contributed by atoms with Crippen molar-refractivity contribution in [1.82, 2.24) is 0 Å². The summed E-state index contributed by atoms with van der Waals surface area (Å²) in [5, 5.41) is 10.6. The van der Waals surface area contributed by atoms with Crippen LogP contribution < -0.4 is 0 Å². The van der Waals surface area contributed by atoms with E-state index in [-0.39, 0.29) is 5.69 Å². The maximum absolute atomic E-state index is 11.9. The van der Waals surface area contributed by atoms with Crippen LogP contribution in [0.4, 0.5) is 5.69 Å². The lowest BCUT2D eigenvalue weighted by Gasteiger charge is -2.06. The number of carbonyl (C=O) groups excluding carboxylic acids is 1. The molecule has 2 aromatic carbocycles. The topological polar surface area (TPSA) is 69.4 Å². The van der Waals surface area contributed by atoms with Crippen LogP contribution in [0.2, 0.25) is 0 Å². The summed E-state index contributed by atoms with van der Waals surface area (Å²) in [6.45, 7) is 0. The molecule has 0 saturated heterocycles. The smallest absolute Gasteiger partial charge is 0.334 e. The standard InChI is InChI=1S/C17H15NO4/c1-22-17(19)15(11-13-5-3-2-4-6-13)12-14-7-9-16(10-8-14)18(20)21/h2-10,12H,11H2,1H3/b15-12-. The molecule has 22 heavy (non-hydrogen) atoms. The fourth-order valence-electron chi connectivity index (χ4n) is 2.02. The molecule has 0 atom stereocenters. The summed E-state index contributed by atoms with van der Waals surface area (Å²) in [6.07, 6.45) is 2.12. The summed E-state index contributed by atoms with van der Waals surface area (Å²) in [4.78, 5) is 22.1. The van der Waals surface area contributed by atoms with Gasteiger partial charge in [-0.2, -0.15) is 0 Å². The van der Waals surface area contributed by atoms with Crippen LogP contribution in [0.3, 0.4) is 0 Å². The van der Waals surface area contributed by atoms with Crippen molar-refractivity contribution in [2.45, 2.75) is 6.42 Å². The van der Waals surface area contributed by atoms with Crippen LogP contribution in [-0.4, -0.2) is 18.0 Å². The van der Waals surface area contributed by atoms with E-state index in [2.05, 4.69) is 0 Å². The van der Waals surface area contributed by atoms with Crippen molar-refractivity contribution in [2.75, 3.05) is 7.11 Å². The highest BCUT2D eigenvalue weighted by Gasteiger charge is 2.11. The van der Waals surface area contributed by atoms with Gasteiger partial charge in [0.1, 0.15) is 0 Å². The molecule has 0 saturated carbocycles. The highest BCUT2D eigenvalue weighted by Crippen LogP contribution is 2.17. The fraction of sp³-hybridized carbons (Fsp3) is 0.118. The molecule has 0 fully saturated rings. The van der Waals surface area contributed by atoms with Gasteiger partial charge in [-0.15, -0.1) is 0 Å². The Morgan fingerprint density at radius 3 is 2.32 bits per heavy atom. The van der Waals surface area contributed by atoms with Gasteiger partial charge in [0.2, 0.25) is 0 Å². The third-order valence-corrected chi connectivity index (χ3v) is 3.13. The first-order valence-electron chi connectivity index (χ1n) is 6.67. The molecule has 5 nitrogen and oxygen atoms in total. The fourth-order valence-corrected chi connectivity index (χ4v) is 2.02. The van der Waals surface area contributed by atoms with Crippen LogP contribution in [0.5, 0.6) is 0 Å². The second kappa shape index (κ2) is 7.17. The molecule has 0 aliphatic carbocycles. The summed E-state index contributed by atoms with van der Waals surface area (Å²) in [5.74, 6) is -0.415. The third-order valence-electron chi connectivity index (χ3n) is 3.13. The second-order valence-corrected chi connectivity index (χ2v) is 4.67. The minimum absolute atomic E-state index is 0.0137. The molecule has 0 aliphatic rings. The number of hydrogen-bond donors (Lipinski definition) is 0. The van der Waals surface area contributed by atoms with Crippen molar-refractivity contribution < 1.29 is 14.5 Å². The van der Waals surface area contributed by atoms with E-state index in [0.29, 0.717) is 17.6 Å². The summed E-state index contributed by atoms with van der Waals surface area (Å²) < 4.78 is 4.80. The summed E-state index contributed by atoms with van der Waals surface area (Å²) >= 11 is 0. The van der Waals surface area contributed by atoms with Crippen molar-refractivity contribution in [3.8, 4) is 0 Å². The number of carbonyl (C=O) groups is 1. The van der Waals surface area contributed by atoms with Gasteiger partial charge in [-0.3, -0.25) is 10.1 Å². The first-order valence-corrected chi connectivity index (χ1v) is 6.67. The molecule has 0 spiro atoms. The summed E-state index contributed by atoms with van der Waals surface area (Å²) in [7, 11) is 1.33. The number of rotatable bonds is 5. The quantitative estimate of drug-likeness (QED) is 0.367. The minimum atomic E-state index is -0.460. The highest BCUT2D eigenvalue weighted by molar-refractivity contribution is 5.94. The Labute approximate surface area is 128 Å². The van der Waals surface area contributed by atoms with Crippen molar-refractivity contribution >= 4 is 17.7 Å². The largest absolute Gasteiger partial charge is 0.466 e. The van der Waals surface area contributed by atoms with Gasteiger partial charge in [-0.25, -0.2) is 4.79 Å². The molecule has 0 heterocycles. The Morgan fingerprint density at radius 1 is 1.14 bits per heavy atom. The maximum Gasteiger partial charge on any atom is 0.334 e. The number of nitro benzene ring substituents is 1. The number of benzene rings is 2. The van der Waals surface area contributed by atoms with Gasteiger partial charge in [0.05, 0.1) is 12.0 Å². The monoisotopic (exact) mass is 297 g/mol. The SMILES string of the molecule is COC(=O)/C(=C\c1ccc([N+](=O)[O-])cc1)Cc1ccccc1. The molecule has 0 aromatic heterocycles. The molecule has 112 valence electrons. The number of non-ortho nitro benzene ring substituents is 1. The summed E-state index contributed by atoms with van der Waals surface area (Å²) in [5.41, 5.74) is 2.20. The first-order chi connectivity index (χ1) is 10.6. The van der Waals surface area contributed by atoms with Gasteiger partial charge in [0.15, 0.2) is 0 Å². The van der Waals surface area contributed by atoms with Crippen LogP contribution in [0.1, 0.15) is 11.1 Å². The van der Waals surface area contributed by atoms with E-state index in [9.17, 15) is 14.9 Å². The highest BCUT2D eigenvalue weighted by atomic mass is 16.6. The molecule has 2 rings (SSSR count). The van der Waals surface area contributed by atoms with E-state index < -0.39 is 10.9 Å². The first kappa shape index (κ1) is 15.4. The van der Waals surface area contributed by atoms with E-state index >= 15 is 0 Å². The molecule has 0 radical (unpaired) electrons. The zero-order valence-corrected chi connectivity index (χ0v) is 12.1. The Bertz CT molecular complexity index is 690. The maximum atomic E-state index is 11.9. The number of nitrogens with zero attached hydrogens (tertiary/aromatic N) is 1. The Balaban J connectivity index is 2.28. The van der Waals surface area contributed by atoms with Gasteiger partial charge >= 0.3 is 5.97 Å². The number of hydrogen-bond acceptors (Lipinski definition) is 4. The van der Waals surface area contributed by atoms with E-state index in [0.717, 1.165) is 5.56 Å². The zero-order valence-electron chi connectivity index (χ0n) is 12.1. The molecule has 0 amide bonds. The van der Waals surface area contributed by atoms with Gasteiger partial charge in [-0.1, -0.05) is 30.3 Å². The van der Waals surface area contributed by atoms with Crippen LogP contribution in [0.25, 0.3) is 6.08 Å². The number of esters is 1. The Kier molecular flexibility index (Phi) is 5.03. The Hall–Kier alpha value is -2.95. The molecule has 0 N–H and O–H groups in total. The van der Waals surface area contributed by atoms with Crippen molar-refractivity contribution in [2.24, 2.45) is 0 Å². The lowest BCUT2D eigenvalue weighted by Crippen LogP contribution is -2.07. The molecule has 0 unspecified atom stereocenters.